The Labute approximate surface area is 97.8 Å². The van der Waals surface area contributed by atoms with Crippen LogP contribution in [-0.2, 0) is 19.9 Å². The van der Waals surface area contributed by atoms with Gasteiger partial charge in [0.1, 0.15) is 9.84 Å². The first-order chi connectivity index (χ1) is 7.15. The second kappa shape index (κ2) is 5.95. The first-order valence-electron chi connectivity index (χ1n) is 4.98. The summed E-state index contributed by atoms with van der Waals surface area (Å²) in [7, 11) is -5.26. The molecule has 0 heterocycles. The van der Waals surface area contributed by atoms with Gasteiger partial charge in [-0.3, -0.25) is 0 Å². The minimum atomic E-state index is -3.48. The number of nitrogens with zero attached hydrogens (tertiary/aromatic N) is 1. The highest BCUT2D eigenvalue weighted by Gasteiger charge is 2.27. The smallest absolute Gasteiger partial charge is 0.217 e. The van der Waals surface area contributed by atoms with Gasteiger partial charge in [0.05, 0.1) is 11.0 Å². The second-order valence-electron chi connectivity index (χ2n) is 3.76. The molecule has 0 aromatic heterocycles. The fourth-order valence-electron chi connectivity index (χ4n) is 1.17. The van der Waals surface area contributed by atoms with Crippen LogP contribution in [0.1, 0.15) is 13.3 Å². The molecular weight excluding hydrogens is 252 g/mol. The van der Waals surface area contributed by atoms with Crippen LogP contribution in [0, 0.1) is 0 Å². The molecule has 98 valence electrons. The van der Waals surface area contributed by atoms with Crippen LogP contribution in [0.3, 0.4) is 0 Å². The van der Waals surface area contributed by atoms with Crippen molar-refractivity contribution in [2.45, 2.75) is 18.6 Å². The maximum Gasteiger partial charge on any atom is 0.217 e. The van der Waals surface area contributed by atoms with Gasteiger partial charge in [0.25, 0.3) is 0 Å². The van der Waals surface area contributed by atoms with Crippen molar-refractivity contribution in [1.82, 2.24) is 4.31 Å². The summed E-state index contributed by atoms with van der Waals surface area (Å²) in [5.41, 5.74) is 5.37. The summed E-state index contributed by atoms with van der Waals surface area (Å²) in [5.74, 6) is -0.177. The molecule has 16 heavy (non-hydrogen) atoms. The molecule has 2 N–H and O–H groups in total. The Morgan fingerprint density at radius 2 is 1.75 bits per heavy atom. The third-order valence-electron chi connectivity index (χ3n) is 2.35. The SMILES string of the molecule is CCC(CN)S(=O)(=O)N(C)CCS(C)(=O)=O. The number of sulfonamides is 1. The van der Waals surface area contributed by atoms with Crippen LogP contribution in [0.4, 0.5) is 0 Å². The van der Waals surface area contributed by atoms with E-state index in [-0.39, 0.29) is 18.8 Å². The Bertz CT molecular complexity index is 398. The summed E-state index contributed by atoms with van der Waals surface area (Å²) in [4.78, 5) is 0. The normalized spacial score (nSPS) is 15.3. The highest BCUT2D eigenvalue weighted by atomic mass is 32.2. The summed E-state index contributed by atoms with van der Waals surface area (Å²) in [6.07, 6.45) is 1.50. The molecule has 1 atom stereocenters. The third kappa shape index (κ3) is 4.77. The van der Waals surface area contributed by atoms with Crippen LogP contribution < -0.4 is 5.73 Å². The number of nitrogens with two attached hydrogens (primary N) is 1. The van der Waals surface area contributed by atoms with Gasteiger partial charge in [0, 0.05) is 26.4 Å². The zero-order chi connectivity index (χ0) is 13.0. The molecule has 0 aliphatic carbocycles. The highest BCUT2D eigenvalue weighted by molar-refractivity contribution is 7.91. The molecule has 6 nitrogen and oxygen atoms in total. The lowest BCUT2D eigenvalue weighted by Crippen LogP contribution is -2.41. The first kappa shape index (κ1) is 15.8. The average Bonchev–Trinajstić information content (AvgIpc) is 2.14. The van der Waals surface area contributed by atoms with Crippen molar-refractivity contribution >= 4 is 19.9 Å². The number of hydrogen-bond donors (Lipinski definition) is 1. The van der Waals surface area contributed by atoms with E-state index < -0.39 is 25.1 Å². The van der Waals surface area contributed by atoms with Crippen molar-refractivity contribution in [3.05, 3.63) is 0 Å². The quantitative estimate of drug-likeness (QED) is 0.643. The Hall–Kier alpha value is -0.180. The fraction of sp³-hybridized carbons (Fsp3) is 1.00. The monoisotopic (exact) mass is 272 g/mol. The van der Waals surface area contributed by atoms with E-state index in [1.807, 2.05) is 0 Å². The predicted octanol–water partition coefficient (Wildman–Crippen LogP) is -0.970. The van der Waals surface area contributed by atoms with Crippen LogP contribution in [-0.4, -0.2) is 58.5 Å². The molecule has 0 fully saturated rings. The molecule has 0 aliphatic heterocycles. The molecule has 0 spiro atoms. The van der Waals surface area contributed by atoms with Crippen molar-refractivity contribution in [2.75, 3.05) is 32.1 Å². The molecular formula is C8H20N2O4S2. The lowest BCUT2D eigenvalue weighted by Gasteiger charge is -2.22. The van der Waals surface area contributed by atoms with Gasteiger partial charge >= 0.3 is 0 Å². The zero-order valence-electron chi connectivity index (χ0n) is 9.88. The lowest BCUT2D eigenvalue weighted by molar-refractivity contribution is 0.470. The fourth-order valence-corrected chi connectivity index (χ4v) is 3.42. The van der Waals surface area contributed by atoms with E-state index in [4.69, 9.17) is 5.73 Å². The molecule has 0 saturated heterocycles. The summed E-state index contributed by atoms with van der Waals surface area (Å²) in [6, 6.07) is 0. The van der Waals surface area contributed by atoms with E-state index in [0.717, 1.165) is 10.6 Å². The molecule has 0 amide bonds. The number of hydrogen-bond acceptors (Lipinski definition) is 5. The van der Waals surface area contributed by atoms with Gasteiger partial charge in [-0.05, 0) is 6.42 Å². The third-order valence-corrected chi connectivity index (χ3v) is 5.69. The molecule has 0 aromatic rings. The Morgan fingerprint density at radius 3 is 2.06 bits per heavy atom. The summed E-state index contributed by atoms with van der Waals surface area (Å²) in [5, 5.41) is -0.642. The first-order valence-corrected chi connectivity index (χ1v) is 8.54. The van der Waals surface area contributed by atoms with Crippen LogP contribution in [0.25, 0.3) is 0 Å². The largest absolute Gasteiger partial charge is 0.329 e. The van der Waals surface area contributed by atoms with Gasteiger partial charge in [0.15, 0.2) is 0 Å². The Kier molecular flexibility index (Phi) is 5.88. The van der Waals surface area contributed by atoms with Crippen LogP contribution in [0.2, 0.25) is 0 Å². The maximum atomic E-state index is 11.9. The van der Waals surface area contributed by atoms with Crippen LogP contribution in [0.15, 0.2) is 0 Å². The lowest BCUT2D eigenvalue weighted by atomic mass is 10.3. The number of sulfone groups is 1. The number of rotatable bonds is 7. The van der Waals surface area contributed by atoms with E-state index in [9.17, 15) is 16.8 Å². The van der Waals surface area contributed by atoms with Gasteiger partial charge in [-0.2, -0.15) is 0 Å². The van der Waals surface area contributed by atoms with Gasteiger partial charge in [-0.25, -0.2) is 21.1 Å². The van der Waals surface area contributed by atoms with Gasteiger partial charge < -0.3 is 5.73 Å². The predicted molar refractivity (Wildman–Crippen MR) is 64.4 cm³/mol. The average molecular weight is 272 g/mol. The molecule has 0 aliphatic rings. The summed E-state index contributed by atoms with van der Waals surface area (Å²) < 4.78 is 46.6. The van der Waals surface area contributed by atoms with E-state index in [1.54, 1.807) is 6.92 Å². The summed E-state index contributed by atoms with van der Waals surface area (Å²) >= 11 is 0. The molecule has 0 bridgehead atoms. The zero-order valence-corrected chi connectivity index (χ0v) is 11.5. The molecule has 1 unspecified atom stereocenters. The maximum absolute atomic E-state index is 11.9. The molecule has 8 heteroatoms. The van der Waals surface area contributed by atoms with Crippen molar-refractivity contribution in [1.29, 1.82) is 0 Å². The van der Waals surface area contributed by atoms with Crippen molar-refractivity contribution in [3.63, 3.8) is 0 Å². The van der Waals surface area contributed by atoms with E-state index >= 15 is 0 Å². The highest BCUT2D eigenvalue weighted by Crippen LogP contribution is 2.09. The van der Waals surface area contributed by atoms with Crippen molar-refractivity contribution < 1.29 is 16.8 Å². The van der Waals surface area contributed by atoms with E-state index in [0.29, 0.717) is 6.42 Å². The molecule has 0 saturated carbocycles. The summed E-state index contributed by atoms with van der Waals surface area (Å²) in [6.45, 7) is 1.75. The minimum absolute atomic E-state index is 0.0301. The van der Waals surface area contributed by atoms with Crippen LogP contribution in [0.5, 0.6) is 0 Å². The minimum Gasteiger partial charge on any atom is -0.329 e. The van der Waals surface area contributed by atoms with E-state index in [1.165, 1.54) is 7.05 Å². The molecule has 0 rings (SSSR count). The molecule has 0 aromatic carbocycles. The van der Waals surface area contributed by atoms with Crippen molar-refractivity contribution in [2.24, 2.45) is 5.73 Å². The second-order valence-corrected chi connectivity index (χ2v) is 8.34. The Morgan fingerprint density at radius 1 is 1.25 bits per heavy atom. The standard InChI is InChI=1S/C8H20N2O4S2/c1-4-8(7-9)16(13,14)10(2)5-6-15(3,11)12/h8H,4-7,9H2,1-3H3. The van der Waals surface area contributed by atoms with E-state index in [2.05, 4.69) is 0 Å². The van der Waals surface area contributed by atoms with Gasteiger partial charge in [-0.15, -0.1) is 0 Å². The van der Waals surface area contributed by atoms with Gasteiger partial charge in [0.2, 0.25) is 10.0 Å². The topological polar surface area (TPSA) is 97.5 Å². The Balaban J connectivity index is 4.65. The van der Waals surface area contributed by atoms with Gasteiger partial charge in [-0.1, -0.05) is 6.92 Å². The van der Waals surface area contributed by atoms with Crippen LogP contribution >= 0.6 is 0 Å². The molecule has 0 radical (unpaired) electrons. The van der Waals surface area contributed by atoms with Crippen molar-refractivity contribution in [3.8, 4) is 0 Å².